The first kappa shape index (κ1) is 17.1. The van der Waals surface area contributed by atoms with E-state index in [1.54, 1.807) is 12.1 Å². The Labute approximate surface area is 146 Å². The standard InChI is InChI=1S/C19H20N2O4/c1-13-11-20(12-19(25-13)15-6-4-3-5-7-15)17-9-8-16(14(2)22)10-18(17)21(23)24/h3-10,13,19H,11-12H2,1-2H3. The maximum absolute atomic E-state index is 11.5. The van der Waals surface area contributed by atoms with Gasteiger partial charge < -0.3 is 9.64 Å². The van der Waals surface area contributed by atoms with E-state index in [2.05, 4.69) is 0 Å². The summed E-state index contributed by atoms with van der Waals surface area (Å²) in [5.74, 6) is -0.188. The lowest BCUT2D eigenvalue weighted by Gasteiger charge is -2.38. The Morgan fingerprint density at radius 1 is 1.20 bits per heavy atom. The van der Waals surface area contributed by atoms with Crippen molar-refractivity contribution in [1.29, 1.82) is 0 Å². The minimum Gasteiger partial charge on any atom is -0.367 e. The lowest BCUT2D eigenvalue weighted by molar-refractivity contribution is -0.384. The summed E-state index contributed by atoms with van der Waals surface area (Å²) >= 11 is 0. The number of ether oxygens (including phenoxy) is 1. The molecule has 2 atom stereocenters. The van der Waals surface area contributed by atoms with Crippen LogP contribution in [0.4, 0.5) is 11.4 Å². The summed E-state index contributed by atoms with van der Waals surface area (Å²) in [5.41, 5.74) is 1.86. The lowest BCUT2D eigenvalue weighted by atomic mass is 10.0. The van der Waals surface area contributed by atoms with Crippen molar-refractivity contribution in [2.45, 2.75) is 26.1 Å². The van der Waals surface area contributed by atoms with Gasteiger partial charge in [0.2, 0.25) is 0 Å². The second-order valence-electron chi connectivity index (χ2n) is 6.27. The van der Waals surface area contributed by atoms with Crippen molar-refractivity contribution < 1.29 is 14.5 Å². The Morgan fingerprint density at radius 2 is 1.92 bits per heavy atom. The third-order valence-electron chi connectivity index (χ3n) is 4.35. The average molecular weight is 340 g/mol. The van der Waals surface area contributed by atoms with Gasteiger partial charge in [-0.3, -0.25) is 14.9 Å². The zero-order valence-corrected chi connectivity index (χ0v) is 14.2. The summed E-state index contributed by atoms with van der Waals surface area (Å²) in [4.78, 5) is 24.6. The summed E-state index contributed by atoms with van der Waals surface area (Å²) in [7, 11) is 0. The van der Waals surface area contributed by atoms with Crippen LogP contribution in [0, 0.1) is 10.1 Å². The zero-order valence-electron chi connectivity index (χ0n) is 14.2. The molecule has 6 heteroatoms. The van der Waals surface area contributed by atoms with Gasteiger partial charge >= 0.3 is 0 Å². The molecule has 1 fully saturated rings. The molecule has 0 amide bonds. The van der Waals surface area contributed by atoms with Crippen LogP contribution < -0.4 is 4.90 Å². The van der Waals surface area contributed by atoms with E-state index in [0.29, 0.717) is 24.3 Å². The molecule has 0 aliphatic carbocycles. The van der Waals surface area contributed by atoms with Gasteiger partial charge in [-0.15, -0.1) is 0 Å². The van der Waals surface area contributed by atoms with Crippen molar-refractivity contribution in [2.24, 2.45) is 0 Å². The summed E-state index contributed by atoms with van der Waals surface area (Å²) in [5, 5.41) is 11.5. The number of hydrogen-bond donors (Lipinski definition) is 0. The molecule has 2 aromatic carbocycles. The predicted octanol–water partition coefficient (Wildman–Crippen LogP) is 3.76. The molecule has 0 spiro atoms. The highest BCUT2D eigenvalue weighted by Gasteiger charge is 2.30. The molecule has 1 saturated heterocycles. The monoisotopic (exact) mass is 340 g/mol. The number of morpholine rings is 1. The minimum absolute atomic E-state index is 0.0476. The molecule has 0 N–H and O–H groups in total. The van der Waals surface area contributed by atoms with Gasteiger partial charge in [0.25, 0.3) is 5.69 Å². The summed E-state index contributed by atoms with van der Waals surface area (Å²) in [6.07, 6.45) is -0.219. The molecular formula is C19H20N2O4. The molecule has 0 radical (unpaired) electrons. The molecule has 25 heavy (non-hydrogen) atoms. The fourth-order valence-corrected chi connectivity index (χ4v) is 3.16. The van der Waals surface area contributed by atoms with Gasteiger partial charge in [0.1, 0.15) is 11.8 Å². The summed E-state index contributed by atoms with van der Waals surface area (Å²) in [6, 6.07) is 14.5. The smallest absolute Gasteiger partial charge is 0.293 e. The fourth-order valence-electron chi connectivity index (χ4n) is 3.16. The molecule has 130 valence electrons. The van der Waals surface area contributed by atoms with Crippen LogP contribution in [-0.4, -0.2) is 29.9 Å². The fraction of sp³-hybridized carbons (Fsp3) is 0.316. The Hall–Kier alpha value is -2.73. The van der Waals surface area contributed by atoms with Crippen molar-refractivity contribution in [3.63, 3.8) is 0 Å². The van der Waals surface area contributed by atoms with Crippen LogP contribution in [0.1, 0.15) is 35.9 Å². The lowest BCUT2D eigenvalue weighted by Crippen LogP contribution is -2.43. The van der Waals surface area contributed by atoms with Crippen LogP contribution in [0.15, 0.2) is 48.5 Å². The second kappa shape index (κ2) is 7.03. The second-order valence-corrected chi connectivity index (χ2v) is 6.27. The molecule has 3 rings (SSSR count). The summed E-state index contributed by atoms with van der Waals surface area (Å²) in [6.45, 7) is 4.44. The Bertz CT molecular complexity index is 791. The topological polar surface area (TPSA) is 72.7 Å². The van der Waals surface area contributed by atoms with Crippen LogP contribution >= 0.6 is 0 Å². The SMILES string of the molecule is CC(=O)c1ccc(N2CC(C)OC(c3ccccc3)C2)c([N+](=O)[O-])c1. The first-order valence-electron chi connectivity index (χ1n) is 8.20. The number of rotatable bonds is 4. The van der Waals surface area contributed by atoms with Gasteiger partial charge in [-0.05, 0) is 31.5 Å². The summed E-state index contributed by atoms with van der Waals surface area (Å²) < 4.78 is 6.02. The molecule has 1 aliphatic rings. The van der Waals surface area contributed by atoms with Crippen molar-refractivity contribution >= 4 is 17.2 Å². The molecule has 1 heterocycles. The average Bonchev–Trinajstić information content (AvgIpc) is 2.61. The maximum Gasteiger partial charge on any atom is 0.293 e. The van der Waals surface area contributed by atoms with Crippen molar-refractivity contribution in [2.75, 3.05) is 18.0 Å². The van der Waals surface area contributed by atoms with E-state index in [9.17, 15) is 14.9 Å². The van der Waals surface area contributed by atoms with Gasteiger partial charge in [-0.1, -0.05) is 30.3 Å². The molecule has 0 bridgehead atoms. The molecule has 0 aromatic heterocycles. The van der Waals surface area contributed by atoms with E-state index < -0.39 is 4.92 Å². The van der Waals surface area contributed by atoms with Gasteiger partial charge in [0, 0.05) is 24.7 Å². The highest BCUT2D eigenvalue weighted by Crippen LogP contribution is 2.34. The molecule has 1 aliphatic heterocycles. The molecule has 6 nitrogen and oxygen atoms in total. The first-order chi connectivity index (χ1) is 12.0. The van der Waals surface area contributed by atoms with Crippen molar-refractivity contribution in [3.8, 4) is 0 Å². The number of carbonyl (C=O) groups excluding carboxylic acids is 1. The van der Waals surface area contributed by atoms with Gasteiger partial charge in [0.15, 0.2) is 5.78 Å². The van der Waals surface area contributed by atoms with Crippen LogP contribution in [0.25, 0.3) is 0 Å². The van der Waals surface area contributed by atoms with Crippen LogP contribution in [0.3, 0.4) is 0 Å². The van der Waals surface area contributed by atoms with Crippen LogP contribution in [-0.2, 0) is 4.74 Å². The Morgan fingerprint density at radius 3 is 2.56 bits per heavy atom. The Balaban J connectivity index is 1.95. The predicted molar refractivity (Wildman–Crippen MR) is 95.0 cm³/mol. The minimum atomic E-state index is -0.431. The number of hydrogen-bond acceptors (Lipinski definition) is 5. The maximum atomic E-state index is 11.5. The quantitative estimate of drug-likeness (QED) is 0.481. The van der Waals surface area contributed by atoms with E-state index >= 15 is 0 Å². The van der Waals surface area contributed by atoms with Gasteiger partial charge in [-0.2, -0.15) is 0 Å². The number of nitro groups is 1. The largest absolute Gasteiger partial charge is 0.367 e. The van der Waals surface area contributed by atoms with E-state index in [4.69, 9.17) is 4.74 Å². The molecule has 2 aromatic rings. The van der Waals surface area contributed by atoms with Crippen molar-refractivity contribution in [1.82, 2.24) is 0 Å². The van der Waals surface area contributed by atoms with Gasteiger partial charge in [0.05, 0.1) is 11.0 Å². The van der Waals surface area contributed by atoms with E-state index in [-0.39, 0.29) is 23.7 Å². The highest BCUT2D eigenvalue weighted by atomic mass is 16.6. The number of Topliss-reactive ketones (excluding diaryl/α,β-unsaturated/α-hetero) is 1. The first-order valence-corrected chi connectivity index (χ1v) is 8.20. The third kappa shape index (κ3) is 3.69. The van der Waals surface area contributed by atoms with Crippen LogP contribution in [0.2, 0.25) is 0 Å². The van der Waals surface area contributed by atoms with Crippen LogP contribution in [0.5, 0.6) is 0 Å². The Kier molecular flexibility index (Phi) is 4.81. The molecule has 0 saturated carbocycles. The van der Waals surface area contributed by atoms with Crippen molar-refractivity contribution in [3.05, 3.63) is 69.8 Å². The number of benzene rings is 2. The highest BCUT2D eigenvalue weighted by molar-refractivity contribution is 5.95. The van der Waals surface area contributed by atoms with E-state index in [1.165, 1.54) is 13.0 Å². The van der Waals surface area contributed by atoms with Gasteiger partial charge in [-0.25, -0.2) is 0 Å². The number of anilines is 1. The third-order valence-corrected chi connectivity index (χ3v) is 4.35. The molecular weight excluding hydrogens is 320 g/mol. The number of nitrogens with zero attached hydrogens (tertiary/aromatic N) is 2. The van der Waals surface area contributed by atoms with E-state index in [1.807, 2.05) is 42.2 Å². The molecule has 2 unspecified atom stereocenters. The zero-order chi connectivity index (χ0) is 18.0. The number of carbonyl (C=O) groups is 1. The number of nitro benzene ring substituents is 1. The number of ketones is 1. The normalized spacial score (nSPS) is 20.3. The van der Waals surface area contributed by atoms with E-state index in [0.717, 1.165) is 5.56 Å².